The zero-order valence-corrected chi connectivity index (χ0v) is 8.11. The second kappa shape index (κ2) is 4.82. The van der Waals surface area contributed by atoms with Crippen molar-refractivity contribution in [2.75, 3.05) is 0 Å². The number of hydrogen-bond acceptors (Lipinski definition) is 2. The Balaban J connectivity index is 2.97. The molecule has 0 saturated carbocycles. The van der Waals surface area contributed by atoms with E-state index < -0.39 is 24.7 Å². The highest BCUT2D eigenvalue weighted by Crippen LogP contribution is 2.20. The predicted molar refractivity (Wildman–Crippen MR) is 53.2 cm³/mol. The summed E-state index contributed by atoms with van der Waals surface area (Å²) in [5, 5.41) is 0. The van der Waals surface area contributed by atoms with Gasteiger partial charge in [-0.1, -0.05) is 30.3 Å². The van der Waals surface area contributed by atoms with Gasteiger partial charge in [0, 0.05) is 5.56 Å². The molecule has 78 valence electrons. The molecule has 0 N–H and O–H groups in total. The molecule has 0 aromatic heterocycles. The Morgan fingerprint density at radius 2 is 1.73 bits per heavy atom. The van der Waals surface area contributed by atoms with Crippen LogP contribution in [0.5, 0.6) is 0 Å². The van der Waals surface area contributed by atoms with Gasteiger partial charge in [0.05, 0.1) is 0 Å². The quantitative estimate of drug-likeness (QED) is 0.433. The number of hydrogen-bond donors (Lipinski definition) is 0. The lowest BCUT2D eigenvalue weighted by Crippen LogP contribution is -2.26. The summed E-state index contributed by atoms with van der Waals surface area (Å²) in [6, 6.07) is 7.63. The first-order valence-corrected chi connectivity index (χ1v) is 4.42. The van der Waals surface area contributed by atoms with E-state index in [2.05, 4.69) is 0 Å². The lowest BCUT2D eigenvalue weighted by Gasteiger charge is -2.08. The molecule has 1 unspecified atom stereocenters. The number of ketones is 2. The Kier molecular flexibility index (Phi) is 3.71. The van der Waals surface area contributed by atoms with E-state index in [4.69, 9.17) is 0 Å². The lowest BCUT2D eigenvalue weighted by molar-refractivity contribution is -0.116. The molecule has 0 spiro atoms. The van der Waals surface area contributed by atoms with Crippen LogP contribution in [0.25, 0.3) is 0 Å². The third-order valence-corrected chi connectivity index (χ3v) is 2.03. The number of carbonyl (C=O) groups is 2. The van der Waals surface area contributed by atoms with Crippen LogP contribution in [0.15, 0.2) is 30.3 Å². The van der Waals surface area contributed by atoms with E-state index in [0.717, 1.165) is 6.92 Å². The minimum atomic E-state index is -2.95. The average molecular weight is 210 g/mol. The number of halogens is 2. The average Bonchev–Trinajstić information content (AvgIpc) is 2.18. The summed E-state index contributed by atoms with van der Waals surface area (Å²) in [5.74, 6) is -3.47. The molecule has 1 atom stereocenters. The first-order valence-electron chi connectivity index (χ1n) is 4.42. The fraction of sp³-hybridized carbons (Fsp3) is 0.200. The Bertz CT molecular complexity index is 365. The van der Waals surface area contributed by atoms with Crippen molar-refractivity contribution in [3.8, 4) is 0 Å². The summed E-state index contributed by atoms with van der Waals surface area (Å²) in [4.78, 5) is 22.4. The monoisotopic (exact) mass is 210 g/mol. The molecule has 0 saturated heterocycles. The maximum Gasteiger partial charge on any atom is 0.556 e. The molecule has 0 fully saturated rings. The van der Waals surface area contributed by atoms with Gasteiger partial charge in [0.2, 0.25) is 0 Å². The van der Waals surface area contributed by atoms with Crippen LogP contribution < -0.4 is 0 Å². The molecule has 1 aromatic carbocycles. The molecule has 0 amide bonds. The first kappa shape index (κ1) is 11.6. The van der Waals surface area contributed by atoms with Crippen molar-refractivity contribution in [1.82, 2.24) is 0 Å². The van der Waals surface area contributed by atoms with Gasteiger partial charge in [0.25, 0.3) is 0 Å². The highest BCUT2D eigenvalue weighted by molar-refractivity contribution is 6.58. The van der Waals surface area contributed by atoms with E-state index in [9.17, 15) is 18.2 Å². The third kappa shape index (κ3) is 2.71. The molecule has 0 aliphatic rings. The molecule has 1 rings (SSSR count). The van der Waals surface area contributed by atoms with Crippen molar-refractivity contribution in [2.24, 2.45) is 0 Å². The summed E-state index contributed by atoms with van der Waals surface area (Å²) in [7, 11) is -2.95. The predicted octanol–water partition coefficient (Wildman–Crippen LogP) is 2.26. The lowest BCUT2D eigenvalue weighted by atomic mass is 9.71. The van der Waals surface area contributed by atoms with Crippen molar-refractivity contribution in [3.05, 3.63) is 35.9 Å². The van der Waals surface area contributed by atoms with Crippen molar-refractivity contribution < 1.29 is 18.2 Å². The molecule has 2 nitrogen and oxygen atoms in total. The normalized spacial score (nSPS) is 11.9. The Morgan fingerprint density at radius 3 is 2.13 bits per heavy atom. The molecular weight excluding hydrogens is 201 g/mol. The van der Waals surface area contributed by atoms with Gasteiger partial charge in [0.1, 0.15) is 11.6 Å². The van der Waals surface area contributed by atoms with Gasteiger partial charge in [-0.3, -0.25) is 18.2 Å². The van der Waals surface area contributed by atoms with Gasteiger partial charge in [-0.15, -0.1) is 0 Å². The van der Waals surface area contributed by atoms with Crippen molar-refractivity contribution in [3.63, 3.8) is 0 Å². The first-order chi connectivity index (χ1) is 7.04. The van der Waals surface area contributed by atoms with E-state index in [1.807, 2.05) is 0 Å². The smallest absolute Gasteiger partial charge is 0.300 e. The van der Waals surface area contributed by atoms with E-state index in [1.165, 1.54) is 12.1 Å². The number of benzene rings is 1. The minimum Gasteiger partial charge on any atom is -0.300 e. The van der Waals surface area contributed by atoms with Gasteiger partial charge >= 0.3 is 7.27 Å². The van der Waals surface area contributed by atoms with E-state index >= 15 is 0 Å². The van der Waals surface area contributed by atoms with E-state index in [0.29, 0.717) is 0 Å². The molecule has 0 bridgehead atoms. The molecule has 15 heavy (non-hydrogen) atoms. The minimum absolute atomic E-state index is 0.137. The largest absolute Gasteiger partial charge is 0.556 e. The van der Waals surface area contributed by atoms with Crippen molar-refractivity contribution in [2.45, 2.75) is 12.7 Å². The third-order valence-electron chi connectivity index (χ3n) is 2.03. The van der Waals surface area contributed by atoms with Gasteiger partial charge in [0.15, 0.2) is 5.78 Å². The zero-order valence-electron chi connectivity index (χ0n) is 8.11. The van der Waals surface area contributed by atoms with Crippen LogP contribution in [0.2, 0.25) is 5.82 Å². The van der Waals surface area contributed by atoms with Crippen molar-refractivity contribution in [1.29, 1.82) is 0 Å². The number of rotatable bonds is 4. The van der Waals surface area contributed by atoms with Gasteiger partial charge in [-0.25, -0.2) is 0 Å². The Morgan fingerprint density at radius 1 is 1.20 bits per heavy atom. The molecule has 1 aromatic rings. The van der Waals surface area contributed by atoms with Crippen LogP contribution in [-0.2, 0) is 4.79 Å². The standard InChI is InChI=1S/C10H9BF2O2/c1-7(14)9(11(12)13)10(15)8-5-3-2-4-6-8/h2-6,9H,1H3. The second-order valence-corrected chi connectivity index (χ2v) is 3.15. The SMILES string of the molecule is CC(=O)C(B(F)F)C(=O)c1ccccc1. The van der Waals surface area contributed by atoms with E-state index in [-0.39, 0.29) is 5.56 Å². The maximum atomic E-state index is 12.4. The Labute approximate surface area is 86.5 Å². The fourth-order valence-electron chi connectivity index (χ4n) is 1.26. The molecule has 0 aliphatic heterocycles. The van der Waals surface area contributed by atoms with Gasteiger partial charge < -0.3 is 0 Å². The number of carbonyl (C=O) groups excluding carboxylic acids is 2. The van der Waals surface area contributed by atoms with Crippen LogP contribution in [0.4, 0.5) is 8.63 Å². The summed E-state index contributed by atoms with van der Waals surface area (Å²) < 4.78 is 24.9. The van der Waals surface area contributed by atoms with Crippen LogP contribution in [-0.4, -0.2) is 18.8 Å². The summed E-state index contributed by atoms with van der Waals surface area (Å²) in [6.45, 7) is 0.998. The molecule has 0 aliphatic carbocycles. The molecule has 5 heteroatoms. The fourth-order valence-corrected chi connectivity index (χ4v) is 1.26. The highest BCUT2D eigenvalue weighted by Gasteiger charge is 2.38. The second-order valence-electron chi connectivity index (χ2n) is 3.15. The Hall–Kier alpha value is -1.52. The van der Waals surface area contributed by atoms with Crippen LogP contribution in [0.3, 0.4) is 0 Å². The van der Waals surface area contributed by atoms with Crippen LogP contribution in [0, 0.1) is 0 Å². The maximum absolute atomic E-state index is 12.4. The van der Waals surface area contributed by atoms with Crippen LogP contribution >= 0.6 is 0 Å². The van der Waals surface area contributed by atoms with E-state index in [1.54, 1.807) is 18.2 Å². The van der Waals surface area contributed by atoms with Gasteiger partial charge in [-0.2, -0.15) is 0 Å². The molecule has 0 radical (unpaired) electrons. The highest BCUT2D eigenvalue weighted by atomic mass is 19.2. The zero-order chi connectivity index (χ0) is 11.4. The molecular formula is C10H9BF2O2. The summed E-state index contributed by atoms with van der Waals surface area (Å²) >= 11 is 0. The van der Waals surface area contributed by atoms with Crippen LogP contribution in [0.1, 0.15) is 17.3 Å². The van der Waals surface area contributed by atoms with Gasteiger partial charge in [-0.05, 0) is 6.92 Å². The summed E-state index contributed by atoms with van der Waals surface area (Å²) in [6.07, 6.45) is 0. The molecule has 0 heterocycles. The summed E-state index contributed by atoms with van der Waals surface area (Å²) in [5.41, 5.74) is 0.137. The van der Waals surface area contributed by atoms with Crippen molar-refractivity contribution >= 4 is 18.8 Å². The topological polar surface area (TPSA) is 34.1 Å². The number of Topliss-reactive ketones (excluding diaryl/α,β-unsaturated/α-hetero) is 2.